The molecule has 1 aliphatic rings. The first kappa shape index (κ1) is 37.4. The fourth-order valence-corrected chi connectivity index (χ4v) is 6.03. The zero-order valence-electron chi connectivity index (χ0n) is 29.3. The molecule has 0 spiro atoms. The van der Waals surface area contributed by atoms with E-state index < -0.39 is 17.5 Å². The number of amides is 2. The second kappa shape index (κ2) is 16.4. The molecular formula is C37H43ClFN7O5. The van der Waals surface area contributed by atoms with Gasteiger partial charge in [0.25, 0.3) is 0 Å². The van der Waals surface area contributed by atoms with E-state index in [0.717, 1.165) is 11.1 Å². The third kappa shape index (κ3) is 9.29. The number of aliphatic hydroxyl groups is 1. The number of hydrogen-bond acceptors (Lipinski definition) is 10. The quantitative estimate of drug-likeness (QED) is 0.118. The summed E-state index contributed by atoms with van der Waals surface area (Å²) in [4.78, 5) is 40.3. The molecule has 0 unspecified atom stereocenters. The number of methoxy groups -OCH3 is 1. The minimum absolute atomic E-state index is 0.0189. The van der Waals surface area contributed by atoms with E-state index in [2.05, 4.69) is 25.9 Å². The molecule has 0 saturated carbocycles. The molecular weight excluding hydrogens is 677 g/mol. The highest BCUT2D eigenvalue weighted by atomic mass is 35.5. The van der Waals surface area contributed by atoms with Gasteiger partial charge in [0.2, 0.25) is 11.8 Å². The van der Waals surface area contributed by atoms with Crippen LogP contribution in [-0.4, -0.2) is 75.4 Å². The lowest BCUT2D eigenvalue weighted by Gasteiger charge is -2.29. The minimum atomic E-state index is -0.702. The number of nitrogens with one attached hydrogen (secondary N) is 3. The number of carbonyl (C=O) groups excluding carboxylic acids is 2. The molecule has 12 nitrogen and oxygen atoms in total. The van der Waals surface area contributed by atoms with E-state index in [9.17, 15) is 9.59 Å². The number of ether oxygens (including phenoxy) is 2. The molecule has 1 atom stereocenters. The summed E-state index contributed by atoms with van der Waals surface area (Å²) < 4.78 is 26.7. The lowest BCUT2D eigenvalue weighted by atomic mass is 9.99. The summed E-state index contributed by atoms with van der Waals surface area (Å²) >= 11 is 6.92. The lowest BCUT2D eigenvalue weighted by molar-refractivity contribution is -0.119. The van der Waals surface area contributed by atoms with E-state index in [0.29, 0.717) is 64.1 Å². The number of halogens is 2. The molecule has 4 N–H and O–H groups in total. The van der Waals surface area contributed by atoms with E-state index in [1.54, 1.807) is 50.1 Å². The first-order valence-corrected chi connectivity index (χ1v) is 17.0. The number of pyridine rings is 3. The second-order valence-electron chi connectivity index (χ2n) is 13.2. The van der Waals surface area contributed by atoms with Gasteiger partial charge in [-0.25, -0.2) is 19.2 Å². The van der Waals surface area contributed by atoms with E-state index in [4.69, 9.17) is 31.2 Å². The topological polar surface area (TPSA) is 151 Å². The Morgan fingerprint density at radius 1 is 1.12 bits per heavy atom. The van der Waals surface area contributed by atoms with Gasteiger partial charge in [-0.2, -0.15) is 0 Å². The van der Waals surface area contributed by atoms with Gasteiger partial charge < -0.3 is 35.4 Å². The van der Waals surface area contributed by atoms with Crippen LogP contribution >= 0.6 is 11.6 Å². The molecule has 4 heterocycles. The fraction of sp³-hybridized carbons (Fsp3) is 0.378. The zero-order chi connectivity index (χ0) is 36.7. The van der Waals surface area contributed by atoms with Gasteiger partial charge >= 0.3 is 6.09 Å². The summed E-state index contributed by atoms with van der Waals surface area (Å²) in [5.41, 5.74) is 4.24. The number of rotatable bonds is 13. The second-order valence-corrected chi connectivity index (χ2v) is 13.6. The Kier molecular flexibility index (Phi) is 12.1. The molecule has 5 rings (SSSR count). The number of hydrogen-bond donors (Lipinski definition) is 4. The Balaban J connectivity index is 1.41. The van der Waals surface area contributed by atoms with Gasteiger partial charge in [-0.05, 0) is 70.0 Å². The zero-order valence-corrected chi connectivity index (χ0v) is 30.1. The molecule has 14 heteroatoms. The van der Waals surface area contributed by atoms with E-state index >= 15 is 4.39 Å². The van der Waals surface area contributed by atoms with Crippen LogP contribution in [0.25, 0.3) is 22.5 Å². The molecule has 1 fully saturated rings. The normalized spacial score (nSPS) is 14.3. The average molecular weight is 720 g/mol. The summed E-state index contributed by atoms with van der Waals surface area (Å²) in [7, 11) is 1.52. The van der Waals surface area contributed by atoms with Crippen LogP contribution < -0.4 is 20.7 Å². The average Bonchev–Trinajstić information content (AvgIpc) is 3.51. The van der Waals surface area contributed by atoms with Crippen LogP contribution in [0, 0.1) is 12.7 Å². The minimum Gasteiger partial charge on any atom is -0.481 e. The monoisotopic (exact) mass is 719 g/mol. The van der Waals surface area contributed by atoms with Crippen molar-refractivity contribution in [1.29, 1.82) is 0 Å². The molecule has 1 aromatic carbocycles. The summed E-state index contributed by atoms with van der Waals surface area (Å²) in [6.07, 6.45) is 3.72. The first-order chi connectivity index (χ1) is 24.4. The number of aromatic nitrogens is 3. The number of nitrogens with zero attached hydrogens (tertiary/aromatic N) is 4. The lowest BCUT2D eigenvalue weighted by Crippen LogP contribution is -2.43. The molecule has 4 aromatic rings. The number of aliphatic hydroxyl groups excluding tert-OH is 1. The van der Waals surface area contributed by atoms with Crippen LogP contribution in [0.1, 0.15) is 50.3 Å². The molecule has 270 valence electrons. The van der Waals surface area contributed by atoms with E-state index in [1.807, 2.05) is 31.2 Å². The number of anilines is 2. The SMILES string of the molecule is COc1nc(-c2ccnc(-c3cccc(Nc4nccc(CNCCO)c4F)c3Cl)c2C)ccc1CN(C[C@@H]1CCC(=O)N1)C(=O)OC(C)(C)C. The van der Waals surface area contributed by atoms with Crippen molar-refractivity contribution in [3.05, 3.63) is 82.4 Å². The Morgan fingerprint density at radius 2 is 1.90 bits per heavy atom. The first-order valence-electron chi connectivity index (χ1n) is 16.7. The predicted molar refractivity (Wildman–Crippen MR) is 193 cm³/mol. The Hall–Kier alpha value is -4.85. The van der Waals surface area contributed by atoms with Gasteiger partial charge in [0, 0.05) is 66.7 Å². The summed E-state index contributed by atoms with van der Waals surface area (Å²) in [6, 6.07) is 12.3. The van der Waals surface area contributed by atoms with Crippen molar-refractivity contribution in [3.8, 4) is 28.4 Å². The van der Waals surface area contributed by atoms with Crippen molar-refractivity contribution in [2.75, 3.05) is 32.1 Å². The third-order valence-electron chi connectivity index (χ3n) is 8.23. The Bertz CT molecular complexity index is 1890. The molecule has 1 aliphatic heterocycles. The molecule has 0 bridgehead atoms. The van der Waals surface area contributed by atoms with Crippen molar-refractivity contribution in [2.24, 2.45) is 0 Å². The summed E-state index contributed by atoms with van der Waals surface area (Å²) in [5.74, 6) is -0.209. The van der Waals surface area contributed by atoms with Gasteiger partial charge in [0.05, 0.1) is 42.4 Å². The van der Waals surface area contributed by atoms with Crippen LogP contribution in [0.2, 0.25) is 5.02 Å². The van der Waals surface area contributed by atoms with Crippen LogP contribution in [-0.2, 0) is 22.6 Å². The van der Waals surface area contributed by atoms with Crippen molar-refractivity contribution >= 4 is 35.1 Å². The smallest absolute Gasteiger partial charge is 0.410 e. The van der Waals surface area contributed by atoms with Crippen molar-refractivity contribution < 1.29 is 28.6 Å². The van der Waals surface area contributed by atoms with Gasteiger partial charge in [-0.3, -0.25) is 9.78 Å². The fourth-order valence-electron chi connectivity index (χ4n) is 5.77. The third-order valence-corrected chi connectivity index (χ3v) is 8.64. The van der Waals surface area contributed by atoms with Gasteiger partial charge in [0.15, 0.2) is 11.6 Å². The molecule has 0 aliphatic carbocycles. The highest BCUT2D eigenvalue weighted by Gasteiger charge is 2.29. The van der Waals surface area contributed by atoms with Crippen LogP contribution in [0.5, 0.6) is 5.88 Å². The molecule has 3 aromatic heterocycles. The van der Waals surface area contributed by atoms with Gasteiger partial charge in [-0.1, -0.05) is 23.7 Å². The predicted octanol–water partition coefficient (Wildman–Crippen LogP) is 6.16. The molecule has 51 heavy (non-hydrogen) atoms. The van der Waals surface area contributed by atoms with Crippen LogP contribution in [0.4, 0.5) is 20.7 Å². The summed E-state index contributed by atoms with van der Waals surface area (Å²) in [5, 5.41) is 18.3. The Morgan fingerprint density at radius 3 is 2.61 bits per heavy atom. The summed E-state index contributed by atoms with van der Waals surface area (Å²) in [6.45, 7) is 8.29. The van der Waals surface area contributed by atoms with Crippen LogP contribution in [0.3, 0.4) is 0 Å². The highest BCUT2D eigenvalue weighted by Crippen LogP contribution is 2.38. The number of carbonyl (C=O) groups is 2. The van der Waals surface area contributed by atoms with Crippen molar-refractivity contribution in [2.45, 2.75) is 65.3 Å². The highest BCUT2D eigenvalue weighted by molar-refractivity contribution is 6.36. The van der Waals surface area contributed by atoms with Gasteiger partial charge in [-0.15, -0.1) is 0 Å². The van der Waals surface area contributed by atoms with Crippen LogP contribution in [0.15, 0.2) is 54.9 Å². The Labute approximate surface area is 301 Å². The number of benzene rings is 1. The largest absolute Gasteiger partial charge is 0.481 e. The van der Waals surface area contributed by atoms with Crippen molar-refractivity contribution in [3.63, 3.8) is 0 Å². The maximum atomic E-state index is 15.3. The molecule has 0 radical (unpaired) electrons. The maximum absolute atomic E-state index is 15.3. The van der Waals surface area contributed by atoms with Gasteiger partial charge in [0.1, 0.15) is 5.60 Å². The van der Waals surface area contributed by atoms with E-state index in [1.165, 1.54) is 13.3 Å². The van der Waals surface area contributed by atoms with E-state index in [-0.39, 0.29) is 44.0 Å². The molecule has 1 saturated heterocycles. The maximum Gasteiger partial charge on any atom is 0.410 e. The van der Waals surface area contributed by atoms with Crippen molar-refractivity contribution in [1.82, 2.24) is 30.5 Å². The standard InChI is InChI=1S/C37H43ClFN7O5/c1-22-26(28-11-9-24(35(45-28)50-5)20-46(36(49)51-37(2,3)4)21-25-10-12-30(48)43-25)14-16-41-33(22)27-7-6-8-29(31(27)38)44-34-32(39)23(13-15-42-34)19-40-17-18-47/h6-9,11,13-16,25,40,47H,10,12,17-21H2,1-5H3,(H,42,44)(H,43,48)/t25-/m0/s1. The molecule has 2 amide bonds.